The number of rotatable bonds is 6. The predicted octanol–water partition coefficient (Wildman–Crippen LogP) is 4.91. The minimum atomic E-state index is -0.651. The van der Waals surface area contributed by atoms with Gasteiger partial charge in [-0.3, -0.25) is 4.98 Å². The smallest absolute Gasteiger partial charge is 0.135 e. The van der Waals surface area contributed by atoms with Crippen molar-refractivity contribution in [2.45, 2.75) is 51.5 Å². The highest BCUT2D eigenvalue weighted by atomic mass is 19.1. The van der Waals surface area contributed by atoms with Crippen LogP contribution in [0.4, 0.5) is 8.78 Å². The van der Waals surface area contributed by atoms with Gasteiger partial charge in [-0.05, 0) is 60.1 Å². The number of aromatic nitrogens is 6. The van der Waals surface area contributed by atoms with Gasteiger partial charge in [-0.25, -0.2) is 8.78 Å². The normalized spacial score (nSPS) is 22.3. The number of nitrogens with zero attached hydrogens (tertiary/aromatic N) is 6. The first-order chi connectivity index (χ1) is 17.8. The number of aliphatic hydroxyl groups excluding tert-OH is 1. The number of hydrogen-bond donors (Lipinski definition) is 1. The molecule has 4 aromatic rings. The lowest BCUT2D eigenvalue weighted by Gasteiger charge is -2.37. The maximum absolute atomic E-state index is 14.5. The third-order valence-electron chi connectivity index (χ3n) is 8.37. The molecule has 0 aliphatic heterocycles. The van der Waals surface area contributed by atoms with E-state index in [0.717, 1.165) is 29.8 Å². The van der Waals surface area contributed by atoms with Crippen LogP contribution in [0.1, 0.15) is 56.5 Å². The molecule has 0 spiro atoms. The summed E-state index contributed by atoms with van der Waals surface area (Å²) in [5.41, 5.74) is 3.42. The second-order valence-corrected chi connectivity index (χ2v) is 10.8. The van der Waals surface area contributed by atoms with Gasteiger partial charge in [-0.15, -0.1) is 5.10 Å². The third kappa shape index (κ3) is 3.43. The summed E-state index contributed by atoms with van der Waals surface area (Å²) in [6.07, 6.45) is 3.47. The molecule has 1 aromatic carbocycles. The molecule has 0 unspecified atom stereocenters. The highest BCUT2D eigenvalue weighted by Crippen LogP contribution is 2.69. The summed E-state index contributed by atoms with van der Waals surface area (Å²) in [5.74, 6) is -1.09. The molecule has 3 heterocycles. The van der Waals surface area contributed by atoms with Crippen LogP contribution in [0.25, 0.3) is 22.6 Å². The van der Waals surface area contributed by atoms with Crippen molar-refractivity contribution in [2.75, 3.05) is 6.61 Å². The van der Waals surface area contributed by atoms with Gasteiger partial charge in [0.15, 0.2) is 0 Å². The Bertz CT molecular complexity index is 1480. The van der Waals surface area contributed by atoms with Crippen LogP contribution >= 0.6 is 0 Å². The van der Waals surface area contributed by atoms with Crippen LogP contribution in [0.15, 0.2) is 48.7 Å². The van der Waals surface area contributed by atoms with Gasteiger partial charge in [-0.1, -0.05) is 32.9 Å². The molecule has 37 heavy (non-hydrogen) atoms. The Morgan fingerprint density at radius 2 is 1.81 bits per heavy atom. The topological polar surface area (TPSA) is 89.6 Å². The van der Waals surface area contributed by atoms with Crippen molar-refractivity contribution in [3.05, 3.63) is 77.2 Å². The van der Waals surface area contributed by atoms with E-state index in [4.69, 9.17) is 4.98 Å². The van der Waals surface area contributed by atoms with Crippen molar-refractivity contribution >= 4 is 0 Å². The average molecular weight is 503 g/mol. The highest BCUT2D eigenvalue weighted by Gasteiger charge is 2.65. The molecule has 1 fully saturated rings. The molecule has 0 saturated heterocycles. The van der Waals surface area contributed by atoms with Crippen molar-refractivity contribution in [3.63, 3.8) is 0 Å². The molecule has 3 aromatic heterocycles. The first-order valence-electron chi connectivity index (χ1n) is 12.6. The fraction of sp³-hybridized carbons (Fsp3) is 0.393. The summed E-state index contributed by atoms with van der Waals surface area (Å²) >= 11 is 0. The molecule has 0 radical (unpaired) electrons. The summed E-state index contributed by atoms with van der Waals surface area (Å²) in [4.78, 5) is 6.64. The second kappa shape index (κ2) is 8.48. The number of halogens is 2. The molecule has 1 saturated carbocycles. The molecular weight excluding hydrogens is 474 g/mol. The van der Waals surface area contributed by atoms with E-state index in [2.05, 4.69) is 34.2 Å². The SMILES string of the molecule is C[C@@H](CO)Cn1ncc(-c2cccc([C@@]34CC[C@@H](c5cc(-c6c(F)cccc6F)nnc53)C4(C)C)n2)n1. The zero-order chi connectivity index (χ0) is 25.9. The number of pyridine rings is 1. The van der Waals surface area contributed by atoms with E-state index < -0.39 is 17.0 Å². The monoisotopic (exact) mass is 502 g/mol. The van der Waals surface area contributed by atoms with Gasteiger partial charge in [0, 0.05) is 12.5 Å². The van der Waals surface area contributed by atoms with Crippen LogP contribution in [-0.4, -0.2) is 41.9 Å². The van der Waals surface area contributed by atoms with Gasteiger partial charge >= 0.3 is 0 Å². The maximum atomic E-state index is 14.5. The van der Waals surface area contributed by atoms with E-state index in [1.807, 2.05) is 31.2 Å². The lowest BCUT2D eigenvalue weighted by molar-refractivity contribution is 0.214. The molecule has 6 rings (SSSR count). The Labute approximate surface area is 213 Å². The molecule has 190 valence electrons. The maximum Gasteiger partial charge on any atom is 0.135 e. The molecule has 7 nitrogen and oxygen atoms in total. The van der Waals surface area contributed by atoms with Gasteiger partial charge in [-0.2, -0.15) is 20.1 Å². The van der Waals surface area contributed by atoms with Gasteiger partial charge in [0.05, 0.1) is 46.5 Å². The summed E-state index contributed by atoms with van der Waals surface area (Å²) in [5, 5.41) is 27.2. The Balaban J connectivity index is 1.43. The average Bonchev–Trinajstić information content (AvgIpc) is 3.51. The minimum absolute atomic E-state index is 0.0472. The molecule has 1 N–H and O–H groups in total. The molecule has 0 amide bonds. The van der Waals surface area contributed by atoms with E-state index in [0.29, 0.717) is 17.9 Å². The number of benzene rings is 1. The van der Waals surface area contributed by atoms with E-state index in [-0.39, 0.29) is 35.1 Å². The zero-order valence-corrected chi connectivity index (χ0v) is 21.0. The van der Waals surface area contributed by atoms with E-state index >= 15 is 0 Å². The number of fused-ring (bicyclic) bond motifs is 5. The molecule has 2 bridgehead atoms. The quantitative estimate of drug-likeness (QED) is 0.403. The third-order valence-corrected chi connectivity index (χ3v) is 8.37. The fourth-order valence-electron chi connectivity index (χ4n) is 6.41. The Kier molecular flexibility index (Phi) is 5.45. The molecule has 9 heteroatoms. The minimum Gasteiger partial charge on any atom is -0.396 e. The van der Waals surface area contributed by atoms with Gasteiger partial charge in [0.2, 0.25) is 0 Å². The lowest BCUT2D eigenvalue weighted by atomic mass is 9.66. The van der Waals surface area contributed by atoms with E-state index in [9.17, 15) is 13.9 Å². The summed E-state index contributed by atoms with van der Waals surface area (Å²) < 4.78 is 29.0. The Morgan fingerprint density at radius 3 is 2.57 bits per heavy atom. The molecule has 3 atom stereocenters. The van der Waals surface area contributed by atoms with Crippen LogP contribution in [0.5, 0.6) is 0 Å². The van der Waals surface area contributed by atoms with Crippen LogP contribution in [-0.2, 0) is 12.0 Å². The van der Waals surface area contributed by atoms with Crippen molar-refractivity contribution in [1.82, 2.24) is 30.2 Å². The summed E-state index contributed by atoms with van der Waals surface area (Å²) in [6.45, 7) is 6.95. The fourth-order valence-corrected chi connectivity index (χ4v) is 6.41. The van der Waals surface area contributed by atoms with E-state index in [1.54, 1.807) is 11.0 Å². The molecule has 2 aliphatic carbocycles. The lowest BCUT2D eigenvalue weighted by Crippen LogP contribution is -2.37. The summed E-state index contributed by atoms with van der Waals surface area (Å²) in [6, 6.07) is 11.5. The first-order valence-corrected chi connectivity index (χ1v) is 12.6. The molecule has 2 aliphatic rings. The number of aliphatic hydroxyl groups is 1. The van der Waals surface area contributed by atoms with Crippen molar-refractivity contribution in [3.8, 4) is 22.6 Å². The van der Waals surface area contributed by atoms with Crippen molar-refractivity contribution in [2.24, 2.45) is 11.3 Å². The largest absolute Gasteiger partial charge is 0.396 e. The van der Waals surface area contributed by atoms with Crippen LogP contribution in [0.3, 0.4) is 0 Å². The predicted molar refractivity (Wildman–Crippen MR) is 133 cm³/mol. The summed E-state index contributed by atoms with van der Waals surface area (Å²) in [7, 11) is 0. The van der Waals surface area contributed by atoms with E-state index in [1.165, 1.54) is 18.2 Å². The molecular formula is C28H28F2N6O. The second-order valence-electron chi connectivity index (χ2n) is 10.8. The van der Waals surface area contributed by atoms with Gasteiger partial charge in [0.1, 0.15) is 17.3 Å². The van der Waals surface area contributed by atoms with Gasteiger partial charge < -0.3 is 5.11 Å². The van der Waals surface area contributed by atoms with Crippen molar-refractivity contribution < 1.29 is 13.9 Å². The Hall–Kier alpha value is -3.59. The van der Waals surface area contributed by atoms with Crippen LogP contribution in [0, 0.1) is 23.0 Å². The Morgan fingerprint density at radius 1 is 1.05 bits per heavy atom. The van der Waals surface area contributed by atoms with Gasteiger partial charge in [0.25, 0.3) is 0 Å². The van der Waals surface area contributed by atoms with Crippen molar-refractivity contribution in [1.29, 1.82) is 0 Å². The highest BCUT2D eigenvalue weighted by molar-refractivity contribution is 5.64. The number of hydrogen-bond acceptors (Lipinski definition) is 6. The zero-order valence-electron chi connectivity index (χ0n) is 21.0. The van der Waals surface area contributed by atoms with Crippen LogP contribution < -0.4 is 0 Å². The first kappa shape index (κ1) is 23.8. The van der Waals surface area contributed by atoms with Crippen LogP contribution in [0.2, 0.25) is 0 Å². The standard InChI is InChI=1S/C28H28F2N6O/c1-16(15-37)14-36-31-13-23(35-36)21-8-5-9-24(32-21)28-11-10-18(27(28,2)3)17-12-22(33-34-26(17)28)25-19(29)6-4-7-20(25)30/h4-9,12-13,16,18,37H,10-11,14-15H2,1-3H3/t16-,18+,28+/m1/s1.